The summed E-state index contributed by atoms with van der Waals surface area (Å²) in [5.74, 6) is 0. The maximum atomic E-state index is 3.60. The van der Waals surface area contributed by atoms with Crippen LogP contribution in [-0.2, 0) is 32.7 Å². The summed E-state index contributed by atoms with van der Waals surface area (Å²) < 4.78 is 2.16. The Bertz CT molecular complexity index is 938. The Balaban J connectivity index is 0.00000320. The first kappa shape index (κ1) is 25.1. The normalized spacial score (nSPS) is 14.8. The zero-order chi connectivity index (χ0) is 21.5. The summed E-state index contributed by atoms with van der Waals surface area (Å²) in [7, 11) is 2.12. The molecule has 1 saturated heterocycles. The fraction of sp³-hybridized carbons (Fsp3) is 0.500. The minimum atomic E-state index is 0. The minimum Gasteiger partial charge on any atom is -0.397 e. The topological polar surface area (TPSA) is 9.49 Å². The third-order valence-corrected chi connectivity index (χ3v) is 7.02. The summed E-state index contributed by atoms with van der Waals surface area (Å²) in [4.78, 5) is 4.91. The van der Waals surface area contributed by atoms with Crippen LogP contribution in [0, 0.1) is 55.4 Å². The van der Waals surface area contributed by atoms with Gasteiger partial charge in [-0.3, -0.25) is 0 Å². The number of anilines is 1. The molecule has 159 valence electrons. The average Bonchev–Trinajstić information content (AvgIpc) is 2.69. The van der Waals surface area contributed by atoms with E-state index in [1.807, 2.05) is 0 Å². The largest absolute Gasteiger partial charge is 0.397 e. The maximum Gasteiger partial charge on any atom is 0.131 e. The van der Waals surface area contributed by atoms with Gasteiger partial charge in [0.25, 0.3) is 0 Å². The standard InChI is InChI=1S/C26H37N3.Y/c1-17-14-19(3)25(15-18(17)2)27(9)16-28-10-12-29(13-11-28)26-23(7)21(5)20(4)22(6)24(26)8;/h14-15H,10-13H2,1-9H3;. The molecule has 0 amide bonds. The van der Waals surface area contributed by atoms with E-state index in [-0.39, 0.29) is 32.7 Å². The van der Waals surface area contributed by atoms with Gasteiger partial charge in [0.05, 0.1) is 26.2 Å². The van der Waals surface area contributed by atoms with E-state index in [1.165, 1.54) is 55.9 Å². The molecule has 1 fully saturated rings. The quantitative estimate of drug-likeness (QED) is 0.260. The zero-order valence-electron chi connectivity index (χ0n) is 20.4. The Labute approximate surface area is 209 Å². The van der Waals surface area contributed by atoms with Crippen molar-refractivity contribution in [3.8, 4) is 0 Å². The van der Waals surface area contributed by atoms with Gasteiger partial charge in [-0.15, -0.1) is 0 Å². The SMILES string of the molecule is Cc1cc(C)c([N+](C)=[C-]N2CCN(c3c(C)c(C)c(C)c(C)c3C)CC2)cc1C.[Y]. The van der Waals surface area contributed by atoms with Crippen molar-refractivity contribution in [1.82, 2.24) is 4.90 Å². The molecule has 4 heteroatoms. The van der Waals surface area contributed by atoms with Crippen molar-refractivity contribution in [1.29, 1.82) is 0 Å². The van der Waals surface area contributed by atoms with Crippen molar-refractivity contribution in [2.24, 2.45) is 0 Å². The van der Waals surface area contributed by atoms with Gasteiger partial charge < -0.3 is 14.4 Å². The second-order valence-electron chi connectivity index (χ2n) is 8.83. The van der Waals surface area contributed by atoms with Crippen molar-refractivity contribution < 1.29 is 37.3 Å². The molecule has 1 radical (unpaired) electrons. The van der Waals surface area contributed by atoms with Gasteiger partial charge in [0.15, 0.2) is 0 Å². The smallest absolute Gasteiger partial charge is 0.131 e. The summed E-state index contributed by atoms with van der Waals surface area (Å²) in [6, 6.07) is 4.55. The fourth-order valence-electron chi connectivity index (χ4n) is 4.56. The summed E-state index contributed by atoms with van der Waals surface area (Å²) in [5.41, 5.74) is 13.9. The van der Waals surface area contributed by atoms with E-state index in [0.717, 1.165) is 26.2 Å². The molecule has 0 N–H and O–H groups in total. The van der Waals surface area contributed by atoms with Gasteiger partial charge in [-0.1, -0.05) is 35.7 Å². The van der Waals surface area contributed by atoms with E-state index >= 15 is 0 Å². The van der Waals surface area contributed by atoms with Crippen LogP contribution in [0.25, 0.3) is 0 Å². The van der Waals surface area contributed by atoms with Crippen LogP contribution in [0.2, 0.25) is 0 Å². The number of rotatable bonds is 3. The molecular formula is C26H37N3Y. The molecular weight excluding hydrogens is 443 g/mol. The van der Waals surface area contributed by atoms with Crippen LogP contribution in [0.1, 0.15) is 44.5 Å². The fourth-order valence-corrected chi connectivity index (χ4v) is 4.56. The molecule has 2 aromatic rings. The number of nitrogens with zero attached hydrogens (tertiary/aromatic N) is 3. The van der Waals surface area contributed by atoms with Crippen LogP contribution in [0.3, 0.4) is 0 Å². The molecule has 2 aromatic carbocycles. The molecule has 0 unspecified atom stereocenters. The zero-order valence-corrected chi connectivity index (χ0v) is 23.2. The van der Waals surface area contributed by atoms with Gasteiger partial charge >= 0.3 is 0 Å². The summed E-state index contributed by atoms with van der Waals surface area (Å²) >= 11 is 0. The molecule has 1 heterocycles. The predicted molar refractivity (Wildman–Crippen MR) is 125 cm³/mol. The summed E-state index contributed by atoms with van der Waals surface area (Å²) in [6.45, 7) is 22.0. The number of benzene rings is 2. The molecule has 0 bridgehead atoms. The number of hydrogen-bond donors (Lipinski definition) is 0. The van der Waals surface area contributed by atoms with Gasteiger partial charge in [-0.25, -0.2) is 0 Å². The van der Waals surface area contributed by atoms with E-state index in [2.05, 4.69) is 95.3 Å². The number of hydrogen-bond acceptors (Lipinski definition) is 1. The second kappa shape index (κ2) is 9.96. The van der Waals surface area contributed by atoms with Gasteiger partial charge in [-0.2, -0.15) is 0 Å². The van der Waals surface area contributed by atoms with Crippen molar-refractivity contribution in [2.75, 3.05) is 38.1 Å². The van der Waals surface area contributed by atoms with E-state index < -0.39 is 0 Å². The minimum absolute atomic E-state index is 0. The molecule has 3 rings (SSSR count). The summed E-state index contributed by atoms with van der Waals surface area (Å²) in [5, 5.41) is 0. The first-order valence-electron chi connectivity index (χ1n) is 10.8. The molecule has 0 aliphatic carbocycles. The van der Waals surface area contributed by atoms with Crippen molar-refractivity contribution in [3.63, 3.8) is 0 Å². The van der Waals surface area contributed by atoms with Crippen LogP contribution >= 0.6 is 0 Å². The maximum absolute atomic E-state index is 3.60. The van der Waals surface area contributed by atoms with Crippen LogP contribution in [0.4, 0.5) is 11.4 Å². The molecule has 30 heavy (non-hydrogen) atoms. The van der Waals surface area contributed by atoms with E-state index in [4.69, 9.17) is 0 Å². The Morgan fingerprint density at radius 2 is 1.13 bits per heavy atom. The molecule has 0 aromatic heterocycles. The molecule has 0 atom stereocenters. The van der Waals surface area contributed by atoms with Crippen LogP contribution in [0.5, 0.6) is 0 Å². The van der Waals surface area contributed by atoms with Gasteiger partial charge in [0.1, 0.15) is 6.34 Å². The Morgan fingerprint density at radius 3 is 1.67 bits per heavy atom. The van der Waals surface area contributed by atoms with Gasteiger partial charge in [0.2, 0.25) is 0 Å². The van der Waals surface area contributed by atoms with Crippen molar-refractivity contribution in [3.05, 3.63) is 56.6 Å². The van der Waals surface area contributed by atoms with E-state index in [0.29, 0.717) is 0 Å². The van der Waals surface area contributed by atoms with Crippen molar-refractivity contribution >= 4 is 17.7 Å². The second-order valence-corrected chi connectivity index (χ2v) is 8.83. The Morgan fingerprint density at radius 1 is 0.667 bits per heavy atom. The number of aryl methyl sites for hydroxylation is 3. The molecule has 0 saturated carbocycles. The Kier molecular flexibility index (Phi) is 8.32. The third kappa shape index (κ3) is 4.83. The monoisotopic (exact) mass is 480 g/mol. The van der Waals surface area contributed by atoms with E-state index in [9.17, 15) is 0 Å². The van der Waals surface area contributed by atoms with Crippen molar-refractivity contribution in [2.45, 2.75) is 55.4 Å². The Hall–Kier alpha value is -1.19. The first-order valence-corrected chi connectivity index (χ1v) is 10.8. The molecule has 3 nitrogen and oxygen atoms in total. The predicted octanol–water partition coefficient (Wildman–Crippen LogP) is 5.15. The molecule has 1 aliphatic heterocycles. The van der Waals surface area contributed by atoms with Crippen LogP contribution < -0.4 is 4.90 Å². The van der Waals surface area contributed by atoms with Crippen LogP contribution in [0.15, 0.2) is 12.1 Å². The molecule has 0 spiro atoms. The van der Waals surface area contributed by atoms with Gasteiger partial charge in [0, 0.05) is 45.4 Å². The third-order valence-electron chi connectivity index (χ3n) is 7.02. The average molecular weight is 481 g/mol. The summed E-state index contributed by atoms with van der Waals surface area (Å²) in [6.07, 6.45) is 3.60. The molecule has 1 aliphatic rings. The van der Waals surface area contributed by atoms with E-state index in [1.54, 1.807) is 0 Å². The first-order chi connectivity index (χ1) is 13.6. The van der Waals surface area contributed by atoms with Gasteiger partial charge in [-0.05, 0) is 82.0 Å². The number of piperazine rings is 1. The van der Waals surface area contributed by atoms with Crippen LogP contribution in [-0.4, -0.2) is 49.0 Å².